The molecule has 18 heavy (non-hydrogen) atoms. The highest BCUT2D eigenvalue weighted by molar-refractivity contribution is 5.55. The third-order valence-corrected chi connectivity index (χ3v) is 3.52. The SMILES string of the molecule is CNC(C)c1ccccc1N1CCOC(CO)C1. The molecule has 100 valence electrons. The van der Waals surface area contributed by atoms with Crippen LogP contribution in [0, 0.1) is 0 Å². The summed E-state index contributed by atoms with van der Waals surface area (Å²) in [6.45, 7) is 4.55. The second kappa shape index (κ2) is 6.18. The van der Waals surface area contributed by atoms with Gasteiger partial charge in [0.2, 0.25) is 0 Å². The molecule has 0 aliphatic carbocycles. The quantitative estimate of drug-likeness (QED) is 0.842. The van der Waals surface area contributed by atoms with Crippen LogP contribution in [0.3, 0.4) is 0 Å². The van der Waals surface area contributed by atoms with E-state index in [-0.39, 0.29) is 12.7 Å². The highest BCUT2D eigenvalue weighted by atomic mass is 16.5. The van der Waals surface area contributed by atoms with Gasteiger partial charge in [0.25, 0.3) is 0 Å². The molecule has 1 aromatic rings. The molecular formula is C14H22N2O2. The van der Waals surface area contributed by atoms with E-state index in [9.17, 15) is 5.11 Å². The molecule has 1 fully saturated rings. The first-order chi connectivity index (χ1) is 8.76. The molecule has 2 N–H and O–H groups in total. The molecule has 0 radical (unpaired) electrons. The van der Waals surface area contributed by atoms with Crippen LogP contribution in [0.25, 0.3) is 0 Å². The Morgan fingerprint density at radius 3 is 3.00 bits per heavy atom. The van der Waals surface area contributed by atoms with Gasteiger partial charge in [0.15, 0.2) is 0 Å². The smallest absolute Gasteiger partial charge is 0.0980 e. The van der Waals surface area contributed by atoms with Crippen LogP contribution in [0.15, 0.2) is 24.3 Å². The Kier molecular flexibility index (Phi) is 4.58. The van der Waals surface area contributed by atoms with E-state index in [2.05, 4.69) is 41.4 Å². The number of hydrogen-bond acceptors (Lipinski definition) is 4. The fraction of sp³-hybridized carbons (Fsp3) is 0.571. The van der Waals surface area contributed by atoms with Gasteiger partial charge in [0.1, 0.15) is 0 Å². The van der Waals surface area contributed by atoms with Crippen molar-refractivity contribution in [3.05, 3.63) is 29.8 Å². The summed E-state index contributed by atoms with van der Waals surface area (Å²) in [6.07, 6.45) is -0.0725. The summed E-state index contributed by atoms with van der Waals surface area (Å²) >= 11 is 0. The van der Waals surface area contributed by atoms with Gasteiger partial charge in [-0.2, -0.15) is 0 Å². The molecule has 4 heteroatoms. The molecule has 1 aromatic carbocycles. The summed E-state index contributed by atoms with van der Waals surface area (Å²) in [4.78, 5) is 2.30. The van der Waals surface area contributed by atoms with Gasteiger partial charge in [-0.25, -0.2) is 0 Å². The van der Waals surface area contributed by atoms with Gasteiger partial charge in [0, 0.05) is 24.8 Å². The highest BCUT2D eigenvalue weighted by Crippen LogP contribution is 2.27. The molecule has 2 rings (SSSR count). The molecule has 2 unspecified atom stereocenters. The van der Waals surface area contributed by atoms with Crippen LogP contribution in [-0.4, -0.2) is 44.6 Å². The Bertz CT molecular complexity index is 384. The van der Waals surface area contributed by atoms with Gasteiger partial charge in [-0.3, -0.25) is 0 Å². The molecule has 4 nitrogen and oxygen atoms in total. The lowest BCUT2D eigenvalue weighted by Crippen LogP contribution is -2.44. The van der Waals surface area contributed by atoms with E-state index in [1.807, 2.05) is 7.05 Å². The summed E-state index contributed by atoms with van der Waals surface area (Å²) in [7, 11) is 1.97. The average molecular weight is 250 g/mol. The second-order valence-electron chi connectivity index (χ2n) is 4.69. The maximum atomic E-state index is 9.22. The third kappa shape index (κ3) is 2.83. The number of para-hydroxylation sites is 1. The fourth-order valence-electron chi connectivity index (χ4n) is 2.35. The van der Waals surface area contributed by atoms with E-state index in [1.165, 1.54) is 11.3 Å². The first-order valence-corrected chi connectivity index (χ1v) is 6.50. The standard InChI is InChI=1S/C14H22N2O2/c1-11(15-2)13-5-3-4-6-14(13)16-7-8-18-12(9-16)10-17/h3-6,11-12,15,17H,7-10H2,1-2H3. The van der Waals surface area contributed by atoms with Crippen molar-refractivity contribution in [3.63, 3.8) is 0 Å². The zero-order chi connectivity index (χ0) is 13.0. The zero-order valence-electron chi connectivity index (χ0n) is 11.1. The number of anilines is 1. The molecular weight excluding hydrogens is 228 g/mol. The van der Waals surface area contributed by atoms with E-state index in [0.717, 1.165) is 13.1 Å². The van der Waals surface area contributed by atoms with Crippen LogP contribution in [0.2, 0.25) is 0 Å². The van der Waals surface area contributed by atoms with Crippen molar-refractivity contribution in [1.29, 1.82) is 0 Å². The average Bonchev–Trinajstić information content (AvgIpc) is 2.46. The minimum absolute atomic E-state index is 0.0725. The van der Waals surface area contributed by atoms with E-state index in [1.54, 1.807) is 0 Å². The molecule has 0 bridgehead atoms. The third-order valence-electron chi connectivity index (χ3n) is 3.52. The minimum atomic E-state index is -0.0725. The van der Waals surface area contributed by atoms with Gasteiger partial charge in [-0.15, -0.1) is 0 Å². The number of aliphatic hydroxyl groups excluding tert-OH is 1. The lowest BCUT2D eigenvalue weighted by Gasteiger charge is -2.35. The predicted octanol–water partition coefficient (Wildman–Crippen LogP) is 1.16. The maximum Gasteiger partial charge on any atom is 0.0980 e. The number of benzene rings is 1. The van der Waals surface area contributed by atoms with Crippen molar-refractivity contribution < 1.29 is 9.84 Å². The van der Waals surface area contributed by atoms with Crippen LogP contribution in [0.1, 0.15) is 18.5 Å². The number of nitrogens with one attached hydrogen (secondary N) is 1. The Hall–Kier alpha value is -1.10. The normalized spacial score (nSPS) is 21.9. The Morgan fingerprint density at radius 2 is 2.28 bits per heavy atom. The van der Waals surface area contributed by atoms with Gasteiger partial charge in [-0.05, 0) is 25.6 Å². The topological polar surface area (TPSA) is 44.7 Å². The van der Waals surface area contributed by atoms with Crippen molar-refractivity contribution >= 4 is 5.69 Å². The fourth-order valence-corrected chi connectivity index (χ4v) is 2.35. The molecule has 0 saturated carbocycles. The summed E-state index contributed by atoms with van der Waals surface area (Å²) in [5, 5.41) is 12.5. The maximum absolute atomic E-state index is 9.22. The minimum Gasteiger partial charge on any atom is -0.394 e. The summed E-state index contributed by atoms with van der Waals surface area (Å²) in [5.41, 5.74) is 2.53. The van der Waals surface area contributed by atoms with Crippen LogP contribution < -0.4 is 10.2 Å². The number of hydrogen-bond donors (Lipinski definition) is 2. The number of morpholine rings is 1. The number of ether oxygens (including phenoxy) is 1. The molecule has 0 amide bonds. The van der Waals surface area contributed by atoms with Crippen molar-refractivity contribution in [2.24, 2.45) is 0 Å². The van der Waals surface area contributed by atoms with Crippen LogP contribution >= 0.6 is 0 Å². The molecule has 1 saturated heterocycles. The number of nitrogens with zero attached hydrogens (tertiary/aromatic N) is 1. The van der Waals surface area contributed by atoms with E-state index < -0.39 is 0 Å². The number of rotatable bonds is 4. The lowest BCUT2D eigenvalue weighted by molar-refractivity contribution is 0.00351. The van der Waals surface area contributed by atoms with E-state index in [0.29, 0.717) is 12.6 Å². The van der Waals surface area contributed by atoms with Crippen molar-refractivity contribution in [3.8, 4) is 0 Å². The van der Waals surface area contributed by atoms with Crippen LogP contribution in [0.5, 0.6) is 0 Å². The van der Waals surface area contributed by atoms with Crippen LogP contribution in [-0.2, 0) is 4.74 Å². The zero-order valence-corrected chi connectivity index (χ0v) is 11.1. The van der Waals surface area contributed by atoms with Gasteiger partial charge in [0.05, 0.1) is 19.3 Å². The Labute approximate surface area is 109 Å². The van der Waals surface area contributed by atoms with Gasteiger partial charge in [-0.1, -0.05) is 18.2 Å². The first-order valence-electron chi connectivity index (χ1n) is 6.50. The predicted molar refractivity (Wildman–Crippen MR) is 73.0 cm³/mol. The largest absolute Gasteiger partial charge is 0.394 e. The van der Waals surface area contributed by atoms with Gasteiger partial charge < -0.3 is 20.1 Å². The van der Waals surface area contributed by atoms with E-state index in [4.69, 9.17) is 4.74 Å². The monoisotopic (exact) mass is 250 g/mol. The highest BCUT2D eigenvalue weighted by Gasteiger charge is 2.22. The number of aliphatic hydroxyl groups is 1. The molecule has 1 heterocycles. The van der Waals surface area contributed by atoms with Crippen molar-refractivity contribution in [2.45, 2.75) is 19.1 Å². The van der Waals surface area contributed by atoms with E-state index >= 15 is 0 Å². The van der Waals surface area contributed by atoms with Crippen molar-refractivity contribution in [2.75, 3.05) is 38.3 Å². The summed E-state index contributed by atoms with van der Waals surface area (Å²) < 4.78 is 5.50. The van der Waals surface area contributed by atoms with Crippen molar-refractivity contribution in [1.82, 2.24) is 5.32 Å². The Balaban J connectivity index is 2.21. The Morgan fingerprint density at radius 1 is 1.50 bits per heavy atom. The summed E-state index contributed by atoms with van der Waals surface area (Å²) in [6, 6.07) is 8.74. The first kappa shape index (κ1) is 13.3. The molecule has 0 spiro atoms. The van der Waals surface area contributed by atoms with Crippen LogP contribution in [0.4, 0.5) is 5.69 Å². The molecule has 1 aliphatic rings. The molecule has 0 aromatic heterocycles. The summed E-state index contributed by atoms with van der Waals surface area (Å²) in [5.74, 6) is 0. The molecule has 1 aliphatic heterocycles. The lowest BCUT2D eigenvalue weighted by atomic mass is 10.0. The van der Waals surface area contributed by atoms with Gasteiger partial charge >= 0.3 is 0 Å². The second-order valence-corrected chi connectivity index (χ2v) is 4.69. The molecule has 2 atom stereocenters.